The maximum absolute atomic E-state index is 12.4. The monoisotopic (exact) mass is 313 g/mol. The van der Waals surface area contributed by atoms with Gasteiger partial charge in [-0.1, -0.05) is 0 Å². The second-order valence-corrected chi connectivity index (χ2v) is 7.11. The average molecular weight is 313 g/mol. The van der Waals surface area contributed by atoms with Crippen molar-refractivity contribution in [3.05, 3.63) is 23.3 Å². The van der Waals surface area contributed by atoms with Crippen LogP contribution in [0.1, 0.15) is 30.4 Å². The van der Waals surface area contributed by atoms with Crippen LogP contribution in [0, 0.1) is 13.8 Å². The van der Waals surface area contributed by atoms with E-state index in [0.29, 0.717) is 34.7 Å². The Hall–Kier alpha value is -1.15. The molecule has 1 aromatic rings. The summed E-state index contributed by atoms with van der Waals surface area (Å²) in [6.07, 6.45) is 2.96. The molecular formula is C14H23N3O3S. The molecular weight excluding hydrogens is 290 g/mol. The third-order valence-electron chi connectivity index (χ3n) is 3.68. The van der Waals surface area contributed by atoms with Crippen LogP contribution >= 0.6 is 0 Å². The van der Waals surface area contributed by atoms with Gasteiger partial charge in [0, 0.05) is 18.8 Å². The number of sulfonamides is 1. The van der Waals surface area contributed by atoms with Crippen molar-refractivity contribution in [1.82, 2.24) is 4.72 Å². The summed E-state index contributed by atoms with van der Waals surface area (Å²) in [5.74, 6) is 5.37. The molecule has 2 rings (SSSR count). The van der Waals surface area contributed by atoms with E-state index < -0.39 is 10.0 Å². The Morgan fingerprint density at radius 1 is 1.33 bits per heavy atom. The largest absolute Gasteiger partial charge is 0.378 e. The van der Waals surface area contributed by atoms with Gasteiger partial charge in [-0.05, 0) is 56.4 Å². The zero-order chi connectivity index (χ0) is 15.5. The fraction of sp³-hybridized carbons (Fsp3) is 0.571. The number of hydrogen-bond acceptors (Lipinski definition) is 5. The maximum Gasteiger partial charge on any atom is 0.241 e. The van der Waals surface area contributed by atoms with Crippen molar-refractivity contribution >= 4 is 15.7 Å². The highest BCUT2D eigenvalue weighted by Crippen LogP contribution is 2.24. The minimum atomic E-state index is -3.51. The number of rotatable bonds is 6. The molecule has 6 nitrogen and oxygen atoms in total. The minimum Gasteiger partial charge on any atom is -0.378 e. The lowest BCUT2D eigenvalue weighted by Crippen LogP contribution is -2.28. The molecule has 1 aliphatic heterocycles. The van der Waals surface area contributed by atoms with Crippen LogP contribution in [-0.4, -0.2) is 27.7 Å². The summed E-state index contributed by atoms with van der Waals surface area (Å²) in [5.41, 5.74) is 4.58. The summed E-state index contributed by atoms with van der Waals surface area (Å²) in [6, 6.07) is 3.45. The number of hydrazine groups is 1. The number of hydrogen-bond donors (Lipinski definition) is 3. The van der Waals surface area contributed by atoms with Gasteiger partial charge in [0.15, 0.2) is 0 Å². The summed E-state index contributed by atoms with van der Waals surface area (Å²) < 4.78 is 33.0. The lowest BCUT2D eigenvalue weighted by Gasteiger charge is -2.15. The number of aryl methyl sites for hydroxylation is 2. The number of nitrogens with two attached hydrogens (primary N) is 1. The molecule has 0 amide bonds. The van der Waals surface area contributed by atoms with Crippen LogP contribution in [0.25, 0.3) is 0 Å². The van der Waals surface area contributed by atoms with Gasteiger partial charge in [0.1, 0.15) is 0 Å². The predicted molar refractivity (Wildman–Crippen MR) is 82.5 cm³/mol. The Bertz CT molecular complexity index is 572. The van der Waals surface area contributed by atoms with Gasteiger partial charge in [-0.3, -0.25) is 5.84 Å². The van der Waals surface area contributed by atoms with E-state index in [2.05, 4.69) is 10.1 Å². The van der Waals surface area contributed by atoms with Crippen molar-refractivity contribution < 1.29 is 13.2 Å². The molecule has 0 spiro atoms. The van der Waals surface area contributed by atoms with Gasteiger partial charge < -0.3 is 10.2 Å². The molecule has 1 aromatic carbocycles. The zero-order valence-corrected chi connectivity index (χ0v) is 13.3. The quantitative estimate of drug-likeness (QED) is 0.546. The van der Waals surface area contributed by atoms with Crippen molar-refractivity contribution in [3.63, 3.8) is 0 Å². The van der Waals surface area contributed by atoms with Crippen molar-refractivity contribution in [2.45, 2.75) is 44.1 Å². The van der Waals surface area contributed by atoms with Crippen molar-refractivity contribution in [3.8, 4) is 0 Å². The smallest absolute Gasteiger partial charge is 0.241 e. The zero-order valence-electron chi connectivity index (χ0n) is 12.5. The lowest BCUT2D eigenvalue weighted by atomic mass is 10.1. The Morgan fingerprint density at radius 2 is 2.00 bits per heavy atom. The summed E-state index contributed by atoms with van der Waals surface area (Å²) >= 11 is 0. The standard InChI is InChI=1S/C14H23N3O3S/c1-10-8-12(17-15)9-11(2)14(10)21(18,19)16-6-5-13-4-3-7-20-13/h8-9,13,16-17H,3-7,15H2,1-2H3. The van der Waals surface area contributed by atoms with E-state index in [9.17, 15) is 8.42 Å². The van der Waals surface area contributed by atoms with Gasteiger partial charge in [0.05, 0.1) is 11.0 Å². The summed E-state index contributed by atoms with van der Waals surface area (Å²) in [7, 11) is -3.51. The van der Waals surface area contributed by atoms with Gasteiger partial charge in [-0.25, -0.2) is 13.1 Å². The highest BCUT2D eigenvalue weighted by molar-refractivity contribution is 7.89. The molecule has 0 bridgehead atoms. The summed E-state index contributed by atoms with van der Waals surface area (Å²) in [4.78, 5) is 0.328. The predicted octanol–water partition coefficient (Wildman–Crippen LogP) is 1.44. The average Bonchev–Trinajstić information content (AvgIpc) is 2.90. The third kappa shape index (κ3) is 3.94. The SMILES string of the molecule is Cc1cc(NN)cc(C)c1S(=O)(=O)NCCC1CCCO1. The molecule has 7 heteroatoms. The van der Waals surface area contributed by atoms with E-state index in [1.165, 1.54) is 0 Å². The van der Waals surface area contributed by atoms with Crippen molar-refractivity contribution in [1.29, 1.82) is 0 Å². The van der Waals surface area contributed by atoms with E-state index >= 15 is 0 Å². The fourth-order valence-corrected chi connectivity index (χ4v) is 4.25. The van der Waals surface area contributed by atoms with Crippen LogP contribution < -0.4 is 16.0 Å². The molecule has 118 valence electrons. The van der Waals surface area contributed by atoms with E-state index in [0.717, 1.165) is 19.4 Å². The Morgan fingerprint density at radius 3 is 2.52 bits per heavy atom. The fourth-order valence-electron chi connectivity index (χ4n) is 2.76. The van der Waals surface area contributed by atoms with Crippen molar-refractivity contribution in [2.24, 2.45) is 5.84 Å². The maximum atomic E-state index is 12.4. The molecule has 1 atom stereocenters. The minimum absolute atomic E-state index is 0.179. The van der Waals surface area contributed by atoms with Crippen LogP contribution in [0.4, 0.5) is 5.69 Å². The van der Waals surface area contributed by atoms with Gasteiger partial charge in [0.25, 0.3) is 0 Å². The first-order chi connectivity index (χ1) is 9.94. The van der Waals surface area contributed by atoms with Crippen LogP contribution in [0.2, 0.25) is 0 Å². The molecule has 1 heterocycles. The van der Waals surface area contributed by atoms with Gasteiger partial charge in [0.2, 0.25) is 10.0 Å². The van der Waals surface area contributed by atoms with Crippen LogP contribution in [-0.2, 0) is 14.8 Å². The van der Waals surface area contributed by atoms with Crippen LogP contribution in [0.3, 0.4) is 0 Å². The second kappa shape index (κ2) is 6.74. The van der Waals surface area contributed by atoms with E-state index in [1.54, 1.807) is 26.0 Å². The molecule has 0 aromatic heterocycles. The first-order valence-electron chi connectivity index (χ1n) is 7.13. The molecule has 1 saturated heterocycles. The highest BCUT2D eigenvalue weighted by atomic mass is 32.2. The number of anilines is 1. The highest BCUT2D eigenvalue weighted by Gasteiger charge is 2.21. The van der Waals surface area contributed by atoms with Gasteiger partial charge in [-0.2, -0.15) is 0 Å². The second-order valence-electron chi connectivity index (χ2n) is 5.40. The molecule has 0 aliphatic carbocycles. The third-order valence-corrected chi connectivity index (χ3v) is 5.44. The number of ether oxygens (including phenoxy) is 1. The number of benzene rings is 1. The van der Waals surface area contributed by atoms with E-state index in [4.69, 9.17) is 10.6 Å². The Kier molecular flexibility index (Phi) is 5.21. The molecule has 1 unspecified atom stereocenters. The summed E-state index contributed by atoms with van der Waals surface area (Å²) in [5, 5.41) is 0. The number of nitrogens with one attached hydrogen (secondary N) is 2. The molecule has 4 N–H and O–H groups in total. The molecule has 0 radical (unpaired) electrons. The molecule has 0 saturated carbocycles. The first kappa shape index (κ1) is 16.2. The van der Waals surface area contributed by atoms with E-state index in [1.807, 2.05) is 0 Å². The number of nitrogen functional groups attached to an aromatic ring is 1. The van der Waals surface area contributed by atoms with E-state index in [-0.39, 0.29) is 6.10 Å². The van der Waals surface area contributed by atoms with Crippen LogP contribution in [0.15, 0.2) is 17.0 Å². The van der Waals surface area contributed by atoms with Crippen molar-refractivity contribution in [2.75, 3.05) is 18.6 Å². The molecule has 21 heavy (non-hydrogen) atoms. The topological polar surface area (TPSA) is 93.5 Å². The normalized spacial score (nSPS) is 18.9. The molecule has 1 fully saturated rings. The Labute approximate surface area is 126 Å². The lowest BCUT2D eigenvalue weighted by molar-refractivity contribution is 0.105. The van der Waals surface area contributed by atoms with Crippen LogP contribution in [0.5, 0.6) is 0 Å². The summed E-state index contributed by atoms with van der Waals surface area (Å²) in [6.45, 7) is 4.71. The van der Waals surface area contributed by atoms with Gasteiger partial charge >= 0.3 is 0 Å². The molecule has 1 aliphatic rings. The van der Waals surface area contributed by atoms with Gasteiger partial charge in [-0.15, -0.1) is 0 Å². The Balaban J connectivity index is 2.08. The first-order valence-corrected chi connectivity index (χ1v) is 8.61.